The van der Waals surface area contributed by atoms with E-state index in [1.807, 2.05) is 6.20 Å². The molecule has 1 saturated carbocycles. The maximum absolute atomic E-state index is 14.1. The van der Waals surface area contributed by atoms with E-state index in [0.29, 0.717) is 29.2 Å². The van der Waals surface area contributed by atoms with Gasteiger partial charge in [0.15, 0.2) is 17.5 Å². The third-order valence-electron chi connectivity index (χ3n) is 6.78. The Balaban J connectivity index is 1.42. The number of fused-ring (bicyclic) bond motifs is 1. The fourth-order valence-electron chi connectivity index (χ4n) is 4.69. The summed E-state index contributed by atoms with van der Waals surface area (Å²) in [4.78, 5) is 24.7. The van der Waals surface area contributed by atoms with Gasteiger partial charge in [0.25, 0.3) is 0 Å². The van der Waals surface area contributed by atoms with E-state index in [0.717, 1.165) is 67.9 Å². The fraction of sp³-hybridized carbons (Fsp3) is 0.346. The second-order valence-corrected chi connectivity index (χ2v) is 9.26. The second kappa shape index (κ2) is 9.34. The van der Waals surface area contributed by atoms with E-state index >= 15 is 0 Å². The van der Waals surface area contributed by atoms with E-state index in [1.54, 1.807) is 24.5 Å². The fourth-order valence-corrected chi connectivity index (χ4v) is 4.69. The molecule has 6 rings (SSSR count). The third-order valence-corrected chi connectivity index (χ3v) is 6.78. The minimum absolute atomic E-state index is 0.112. The molecule has 5 heterocycles. The lowest BCUT2D eigenvalue weighted by Gasteiger charge is -2.33. The molecule has 0 atom stereocenters. The zero-order chi connectivity index (χ0) is 24.6. The lowest BCUT2D eigenvalue weighted by molar-refractivity contribution is 0.0854. The molecule has 4 aromatic heterocycles. The molecule has 0 radical (unpaired) electrons. The molecule has 1 aliphatic heterocycles. The Morgan fingerprint density at radius 1 is 1.00 bits per heavy atom. The van der Waals surface area contributed by atoms with Gasteiger partial charge in [0.1, 0.15) is 17.5 Å². The average Bonchev–Trinajstić information content (AvgIpc) is 3.75. The number of halogens is 2. The summed E-state index contributed by atoms with van der Waals surface area (Å²) in [5, 5.41) is 3.86. The number of hydrogen-bond acceptors (Lipinski definition) is 8. The van der Waals surface area contributed by atoms with Crippen LogP contribution in [-0.2, 0) is 4.74 Å². The normalized spacial score (nSPS) is 16.3. The number of aromatic nitrogens is 5. The molecule has 2 fully saturated rings. The van der Waals surface area contributed by atoms with Crippen LogP contribution in [0.2, 0.25) is 0 Å². The van der Waals surface area contributed by atoms with Crippen molar-refractivity contribution in [3.8, 4) is 11.4 Å². The predicted octanol–water partition coefficient (Wildman–Crippen LogP) is 5.00. The standard InChI is InChI=1S/C26H25F2N7O/c1-35(18-5-8-36-9-6-18)26-23-19(15-2-3-15)13-29-14-21(23)32-24(34-26)16-4-7-30-22(10-16)33-25-20(28)11-17(27)12-31-25/h4,7,10-15,18H,2-3,5-6,8-9H2,1H3,(H,30,31,33). The van der Waals surface area contributed by atoms with E-state index in [-0.39, 0.29) is 5.82 Å². The van der Waals surface area contributed by atoms with Gasteiger partial charge in [-0.25, -0.2) is 28.7 Å². The van der Waals surface area contributed by atoms with Gasteiger partial charge in [0.05, 0.1) is 17.9 Å². The highest BCUT2D eigenvalue weighted by Crippen LogP contribution is 2.45. The van der Waals surface area contributed by atoms with Crippen molar-refractivity contribution in [2.45, 2.75) is 37.6 Å². The lowest BCUT2D eigenvalue weighted by atomic mass is 10.0. The molecule has 0 bridgehead atoms. The van der Waals surface area contributed by atoms with Crippen LogP contribution in [-0.4, -0.2) is 51.2 Å². The first kappa shape index (κ1) is 22.7. The molecule has 0 unspecified atom stereocenters. The molecule has 1 N–H and O–H groups in total. The van der Waals surface area contributed by atoms with Gasteiger partial charge < -0.3 is 15.0 Å². The molecule has 1 saturated heterocycles. The summed E-state index contributed by atoms with van der Waals surface area (Å²) in [7, 11) is 2.08. The van der Waals surface area contributed by atoms with Crippen molar-refractivity contribution in [3.63, 3.8) is 0 Å². The van der Waals surface area contributed by atoms with E-state index in [1.165, 1.54) is 5.56 Å². The van der Waals surface area contributed by atoms with Crippen molar-refractivity contribution in [2.75, 3.05) is 30.5 Å². The molecule has 0 amide bonds. The van der Waals surface area contributed by atoms with Crippen LogP contribution in [0.5, 0.6) is 0 Å². The minimum atomic E-state index is -0.803. The van der Waals surface area contributed by atoms with Gasteiger partial charge in [-0.2, -0.15) is 0 Å². The molecule has 8 nitrogen and oxygen atoms in total. The number of hydrogen-bond donors (Lipinski definition) is 1. The zero-order valence-electron chi connectivity index (χ0n) is 19.8. The second-order valence-electron chi connectivity index (χ2n) is 9.26. The van der Waals surface area contributed by atoms with E-state index < -0.39 is 11.6 Å². The summed E-state index contributed by atoms with van der Waals surface area (Å²) in [5.41, 5.74) is 2.69. The van der Waals surface area contributed by atoms with Gasteiger partial charge in [0, 0.05) is 55.7 Å². The van der Waals surface area contributed by atoms with Crippen molar-refractivity contribution >= 4 is 28.4 Å². The van der Waals surface area contributed by atoms with Crippen molar-refractivity contribution in [1.82, 2.24) is 24.9 Å². The lowest BCUT2D eigenvalue weighted by Crippen LogP contribution is -2.37. The van der Waals surface area contributed by atoms with Gasteiger partial charge in [-0.3, -0.25) is 4.98 Å². The molecule has 36 heavy (non-hydrogen) atoms. The van der Waals surface area contributed by atoms with Crippen LogP contribution in [0.3, 0.4) is 0 Å². The van der Waals surface area contributed by atoms with Gasteiger partial charge in [-0.1, -0.05) is 0 Å². The Bertz CT molecular complexity index is 1420. The van der Waals surface area contributed by atoms with Gasteiger partial charge >= 0.3 is 0 Å². The Kier molecular flexibility index (Phi) is 5.88. The number of rotatable bonds is 6. The van der Waals surface area contributed by atoms with Crippen molar-refractivity contribution < 1.29 is 13.5 Å². The highest BCUT2D eigenvalue weighted by atomic mass is 19.1. The highest BCUT2D eigenvalue weighted by Gasteiger charge is 2.30. The summed E-state index contributed by atoms with van der Waals surface area (Å²) < 4.78 is 32.9. The Labute approximate surface area is 206 Å². The van der Waals surface area contributed by atoms with Crippen molar-refractivity contribution in [2.24, 2.45) is 0 Å². The van der Waals surface area contributed by atoms with Crippen LogP contribution < -0.4 is 10.2 Å². The molecular formula is C26H25F2N7O. The monoisotopic (exact) mass is 489 g/mol. The summed E-state index contributed by atoms with van der Waals surface area (Å²) in [6, 6.07) is 4.61. The topological polar surface area (TPSA) is 89.0 Å². The number of anilines is 3. The third kappa shape index (κ3) is 4.44. The van der Waals surface area contributed by atoms with Crippen molar-refractivity contribution in [1.29, 1.82) is 0 Å². The quantitative estimate of drug-likeness (QED) is 0.405. The molecule has 2 aliphatic rings. The number of ether oxygens (including phenoxy) is 1. The molecule has 0 spiro atoms. The average molecular weight is 490 g/mol. The number of nitrogens with zero attached hydrogens (tertiary/aromatic N) is 6. The van der Waals surface area contributed by atoms with Gasteiger partial charge in [0.2, 0.25) is 0 Å². The Hall–Kier alpha value is -3.79. The van der Waals surface area contributed by atoms with Crippen molar-refractivity contribution in [3.05, 3.63) is 60.2 Å². The Morgan fingerprint density at radius 3 is 2.61 bits per heavy atom. The van der Waals surface area contributed by atoms with Crippen LogP contribution in [0, 0.1) is 11.6 Å². The largest absolute Gasteiger partial charge is 0.381 e. The number of pyridine rings is 3. The van der Waals surface area contributed by atoms with Crippen LogP contribution in [0.1, 0.15) is 37.2 Å². The smallest absolute Gasteiger partial charge is 0.168 e. The molecule has 0 aromatic carbocycles. The predicted molar refractivity (Wildman–Crippen MR) is 132 cm³/mol. The van der Waals surface area contributed by atoms with Gasteiger partial charge in [-0.05, 0) is 49.3 Å². The SMILES string of the molecule is CN(c1nc(-c2ccnc(Nc3ncc(F)cc3F)c2)nc2cncc(C3CC3)c12)C1CCOCC1. The summed E-state index contributed by atoms with van der Waals surface area (Å²) in [6.07, 6.45) is 10.4. The van der Waals surface area contributed by atoms with Crippen LogP contribution >= 0.6 is 0 Å². The molecule has 1 aliphatic carbocycles. The van der Waals surface area contributed by atoms with Crippen LogP contribution in [0.15, 0.2) is 43.0 Å². The summed E-state index contributed by atoms with van der Waals surface area (Å²) >= 11 is 0. The van der Waals surface area contributed by atoms with E-state index in [9.17, 15) is 8.78 Å². The van der Waals surface area contributed by atoms with Crippen LogP contribution in [0.25, 0.3) is 22.3 Å². The zero-order valence-corrected chi connectivity index (χ0v) is 19.8. The van der Waals surface area contributed by atoms with E-state index in [4.69, 9.17) is 14.7 Å². The maximum atomic E-state index is 14.1. The Morgan fingerprint density at radius 2 is 1.83 bits per heavy atom. The minimum Gasteiger partial charge on any atom is -0.381 e. The van der Waals surface area contributed by atoms with Gasteiger partial charge in [-0.15, -0.1) is 0 Å². The highest BCUT2D eigenvalue weighted by molar-refractivity contribution is 5.94. The molecule has 184 valence electrons. The molecule has 10 heteroatoms. The first-order chi connectivity index (χ1) is 17.6. The summed E-state index contributed by atoms with van der Waals surface area (Å²) in [6.45, 7) is 1.46. The summed E-state index contributed by atoms with van der Waals surface area (Å²) in [5.74, 6) is 0.574. The maximum Gasteiger partial charge on any atom is 0.168 e. The first-order valence-corrected chi connectivity index (χ1v) is 12.1. The van der Waals surface area contributed by atoms with E-state index in [2.05, 4.69) is 32.2 Å². The first-order valence-electron chi connectivity index (χ1n) is 12.1. The molecular weight excluding hydrogens is 464 g/mol. The molecule has 4 aromatic rings. The number of nitrogens with one attached hydrogen (secondary N) is 1. The van der Waals surface area contributed by atoms with Crippen LogP contribution in [0.4, 0.5) is 26.2 Å².